The van der Waals surface area contributed by atoms with Crippen molar-refractivity contribution < 1.29 is 0 Å². The number of hydrogen-bond acceptors (Lipinski definition) is 2. The Morgan fingerprint density at radius 1 is 1.00 bits per heavy atom. The van der Waals surface area contributed by atoms with Crippen LogP contribution in [0.15, 0.2) is 35.7 Å². The van der Waals surface area contributed by atoms with Crippen LogP contribution in [0.5, 0.6) is 0 Å². The monoisotopic (exact) mass is 245 g/mol. The molecular weight excluding hydrogens is 226 g/mol. The molecule has 2 aromatic rings. The van der Waals surface area contributed by atoms with E-state index < -0.39 is 0 Å². The van der Waals surface area contributed by atoms with Crippen LogP contribution >= 0.6 is 11.3 Å². The van der Waals surface area contributed by atoms with E-state index in [1.807, 2.05) is 11.3 Å². The fourth-order valence-corrected chi connectivity index (χ4v) is 2.67. The van der Waals surface area contributed by atoms with Crippen LogP contribution in [0, 0.1) is 6.92 Å². The van der Waals surface area contributed by atoms with E-state index in [0.29, 0.717) is 0 Å². The van der Waals surface area contributed by atoms with E-state index in [9.17, 15) is 0 Å². The second-order valence-electron chi connectivity index (χ2n) is 4.30. The summed E-state index contributed by atoms with van der Waals surface area (Å²) in [7, 11) is 0. The molecular formula is C15H19NS. The zero-order valence-corrected chi connectivity index (χ0v) is 11.3. The molecule has 0 saturated carbocycles. The highest BCUT2D eigenvalue weighted by molar-refractivity contribution is 7.10. The molecule has 2 heteroatoms. The fourth-order valence-electron chi connectivity index (χ4n) is 1.80. The standard InChI is InChI=1S/C15H19NS/c1-3-13-4-6-14(7-5-13)10-16-11-15-12(2)8-9-17-15/h4-9,16H,3,10-11H2,1-2H3. The average molecular weight is 245 g/mol. The summed E-state index contributed by atoms with van der Waals surface area (Å²) in [5.41, 5.74) is 4.16. The van der Waals surface area contributed by atoms with E-state index in [1.54, 1.807) is 0 Å². The van der Waals surface area contributed by atoms with Gasteiger partial charge >= 0.3 is 0 Å². The SMILES string of the molecule is CCc1ccc(CNCc2sccc2C)cc1. The quantitative estimate of drug-likeness (QED) is 0.842. The molecule has 0 aliphatic rings. The molecule has 0 aliphatic carbocycles. The van der Waals surface area contributed by atoms with Gasteiger partial charge in [0.1, 0.15) is 0 Å². The Balaban J connectivity index is 1.83. The summed E-state index contributed by atoms with van der Waals surface area (Å²) in [5.74, 6) is 0. The normalized spacial score (nSPS) is 10.7. The van der Waals surface area contributed by atoms with Gasteiger partial charge in [0.05, 0.1) is 0 Å². The lowest BCUT2D eigenvalue weighted by molar-refractivity contribution is 0.698. The van der Waals surface area contributed by atoms with Crippen LogP contribution in [0.3, 0.4) is 0 Å². The molecule has 0 spiro atoms. The summed E-state index contributed by atoms with van der Waals surface area (Å²) >= 11 is 1.83. The Labute approximate surface area is 108 Å². The Bertz CT molecular complexity index is 456. The highest BCUT2D eigenvalue weighted by Crippen LogP contribution is 2.15. The van der Waals surface area contributed by atoms with Crippen molar-refractivity contribution in [2.45, 2.75) is 33.4 Å². The first-order chi connectivity index (χ1) is 8.29. The lowest BCUT2D eigenvalue weighted by Crippen LogP contribution is -2.12. The molecule has 90 valence electrons. The van der Waals surface area contributed by atoms with Crippen LogP contribution in [-0.4, -0.2) is 0 Å². The van der Waals surface area contributed by atoms with E-state index >= 15 is 0 Å². The predicted octanol–water partition coefficient (Wildman–Crippen LogP) is 3.91. The van der Waals surface area contributed by atoms with Gasteiger partial charge < -0.3 is 5.32 Å². The molecule has 1 aromatic heterocycles. The maximum atomic E-state index is 3.49. The van der Waals surface area contributed by atoms with Gasteiger partial charge in [-0.25, -0.2) is 0 Å². The molecule has 0 bridgehead atoms. The topological polar surface area (TPSA) is 12.0 Å². The second-order valence-corrected chi connectivity index (χ2v) is 5.30. The summed E-state index contributed by atoms with van der Waals surface area (Å²) in [5, 5.41) is 5.65. The summed E-state index contributed by atoms with van der Waals surface area (Å²) in [6, 6.07) is 11.0. The Morgan fingerprint density at radius 3 is 2.29 bits per heavy atom. The van der Waals surface area contributed by atoms with Gasteiger partial charge in [0.15, 0.2) is 0 Å². The first-order valence-electron chi connectivity index (χ1n) is 6.11. The van der Waals surface area contributed by atoms with Crippen molar-refractivity contribution in [3.05, 3.63) is 57.3 Å². The molecule has 0 saturated heterocycles. The van der Waals surface area contributed by atoms with Crippen LogP contribution in [-0.2, 0) is 19.5 Å². The molecule has 1 N–H and O–H groups in total. The van der Waals surface area contributed by atoms with E-state index in [2.05, 4.69) is 54.9 Å². The van der Waals surface area contributed by atoms with Crippen molar-refractivity contribution in [2.24, 2.45) is 0 Å². The largest absolute Gasteiger partial charge is 0.308 e. The van der Waals surface area contributed by atoms with Crippen molar-refractivity contribution in [3.63, 3.8) is 0 Å². The van der Waals surface area contributed by atoms with Crippen LogP contribution in [0.1, 0.15) is 28.5 Å². The number of thiophene rings is 1. The minimum absolute atomic E-state index is 0.946. The first-order valence-corrected chi connectivity index (χ1v) is 6.99. The van der Waals surface area contributed by atoms with Crippen molar-refractivity contribution in [2.75, 3.05) is 0 Å². The van der Waals surface area contributed by atoms with Gasteiger partial charge in [-0.15, -0.1) is 11.3 Å². The number of hydrogen-bond donors (Lipinski definition) is 1. The average Bonchev–Trinajstić information content (AvgIpc) is 2.76. The Hall–Kier alpha value is -1.12. The van der Waals surface area contributed by atoms with Crippen molar-refractivity contribution in [3.8, 4) is 0 Å². The minimum atomic E-state index is 0.946. The minimum Gasteiger partial charge on any atom is -0.308 e. The third-order valence-electron chi connectivity index (χ3n) is 3.01. The van der Waals surface area contributed by atoms with Gasteiger partial charge in [-0.3, -0.25) is 0 Å². The van der Waals surface area contributed by atoms with Gasteiger partial charge in [-0.2, -0.15) is 0 Å². The Morgan fingerprint density at radius 2 is 1.71 bits per heavy atom. The predicted molar refractivity (Wildman–Crippen MR) is 75.4 cm³/mol. The Kier molecular flexibility index (Phi) is 4.35. The first kappa shape index (κ1) is 12.3. The van der Waals surface area contributed by atoms with Crippen LogP contribution in [0.25, 0.3) is 0 Å². The molecule has 0 amide bonds. The molecule has 0 aliphatic heterocycles. The third kappa shape index (κ3) is 3.42. The number of benzene rings is 1. The number of rotatable bonds is 5. The van der Waals surface area contributed by atoms with E-state index in [4.69, 9.17) is 0 Å². The molecule has 0 unspecified atom stereocenters. The third-order valence-corrected chi connectivity index (χ3v) is 4.04. The van der Waals surface area contributed by atoms with Crippen LogP contribution in [0.4, 0.5) is 0 Å². The van der Waals surface area contributed by atoms with E-state index in [-0.39, 0.29) is 0 Å². The second kappa shape index (κ2) is 5.99. The number of nitrogens with one attached hydrogen (secondary N) is 1. The van der Waals surface area contributed by atoms with E-state index in [1.165, 1.54) is 21.6 Å². The van der Waals surface area contributed by atoms with Gasteiger partial charge in [0, 0.05) is 18.0 Å². The van der Waals surface area contributed by atoms with E-state index in [0.717, 1.165) is 19.5 Å². The lowest BCUT2D eigenvalue weighted by atomic mass is 10.1. The van der Waals surface area contributed by atoms with Crippen molar-refractivity contribution in [1.82, 2.24) is 5.32 Å². The van der Waals surface area contributed by atoms with Gasteiger partial charge in [-0.05, 0) is 41.5 Å². The molecule has 1 nitrogen and oxygen atoms in total. The lowest BCUT2D eigenvalue weighted by Gasteiger charge is -2.05. The zero-order chi connectivity index (χ0) is 12.1. The van der Waals surface area contributed by atoms with Crippen LogP contribution < -0.4 is 5.32 Å². The van der Waals surface area contributed by atoms with Gasteiger partial charge in [0.2, 0.25) is 0 Å². The summed E-state index contributed by atoms with van der Waals surface area (Å²) in [6.45, 7) is 6.27. The highest BCUT2D eigenvalue weighted by atomic mass is 32.1. The summed E-state index contributed by atoms with van der Waals surface area (Å²) in [4.78, 5) is 1.44. The summed E-state index contributed by atoms with van der Waals surface area (Å²) < 4.78 is 0. The zero-order valence-electron chi connectivity index (χ0n) is 10.5. The smallest absolute Gasteiger partial charge is 0.0305 e. The molecule has 0 radical (unpaired) electrons. The molecule has 0 atom stereocenters. The van der Waals surface area contributed by atoms with Gasteiger partial charge in [0.25, 0.3) is 0 Å². The molecule has 17 heavy (non-hydrogen) atoms. The van der Waals surface area contributed by atoms with Crippen LogP contribution in [0.2, 0.25) is 0 Å². The summed E-state index contributed by atoms with van der Waals surface area (Å²) in [6.07, 6.45) is 1.11. The molecule has 1 aromatic carbocycles. The van der Waals surface area contributed by atoms with Gasteiger partial charge in [-0.1, -0.05) is 31.2 Å². The molecule has 1 heterocycles. The highest BCUT2D eigenvalue weighted by Gasteiger charge is 1.99. The number of aryl methyl sites for hydroxylation is 2. The maximum absolute atomic E-state index is 3.49. The fraction of sp³-hybridized carbons (Fsp3) is 0.333. The maximum Gasteiger partial charge on any atom is 0.0305 e. The van der Waals surface area contributed by atoms with Crippen molar-refractivity contribution >= 4 is 11.3 Å². The molecule has 0 fully saturated rings. The molecule has 2 rings (SSSR count). The van der Waals surface area contributed by atoms with Crippen molar-refractivity contribution in [1.29, 1.82) is 0 Å².